The van der Waals surface area contributed by atoms with Crippen molar-refractivity contribution in [1.82, 2.24) is 14.8 Å². The Morgan fingerprint density at radius 3 is 2.67 bits per heavy atom. The van der Waals surface area contributed by atoms with E-state index in [9.17, 15) is 4.79 Å². The molecule has 0 saturated heterocycles. The zero-order valence-corrected chi connectivity index (χ0v) is 17.2. The SMILES string of the molecule is CCN(CC)c1ccc([C@@H]2C3=C(C[C@H](c4ccco4)CC3=O)Nc3ncnn32)cc1. The van der Waals surface area contributed by atoms with Crippen LogP contribution >= 0.6 is 0 Å². The van der Waals surface area contributed by atoms with E-state index in [4.69, 9.17) is 4.42 Å². The third kappa shape index (κ3) is 3.01. The van der Waals surface area contributed by atoms with E-state index in [0.29, 0.717) is 12.4 Å². The molecule has 3 aromatic rings. The standard InChI is InChI=1S/C23H25N5O2/c1-3-27(4-2)17-9-7-15(8-10-17)22-21-18(26-23-24-14-25-28(22)23)12-16(13-19(21)29)20-6-5-11-30-20/h5-11,14,16,22H,3-4,12-13H2,1-2H3,(H,24,25,26)/t16-,22+/m0/s1. The zero-order chi connectivity index (χ0) is 20.7. The lowest BCUT2D eigenvalue weighted by Gasteiger charge is -2.34. The number of aromatic nitrogens is 3. The fourth-order valence-corrected chi connectivity index (χ4v) is 4.64. The molecule has 0 amide bonds. The maximum absolute atomic E-state index is 13.3. The Bertz CT molecular complexity index is 1080. The molecule has 2 aliphatic rings. The fourth-order valence-electron chi connectivity index (χ4n) is 4.64. The van der Waals surface area contributed by atoms with Crippen LogP contribution in [0.5, 0.6) is 0 Å². The average molecular weight is 403 g/mol. The molecule has 30 heavy (non-hydrogen) atoms. The minimum absolute atomic E-state index is 0.0407. The van der Waals surface area contributed by atoms with Crippen LogP contribution in [0.3, 0.4) is 0 Å². The van der Waals surface area contributed by atoms with Crippen molar-refractivity contribution in [3.05, 3.63) is 71.6 Å². The predicted octanol–water partition coefficient (Wildman–Crippen LogP) is 4.13. The Morgan fingerprint density at radius 1 is 1.17 bits per heavy atom. The molecule has 1 aliphatic carbocycles. The summed E-state index contributed by atoms with van der Waals surface area (Å²) < 4.78 is 7.40. The van der Waals surface area contributed by atoms with Crippen molar-refractivity contribution in [3.63, 3.8) is 0 Å². The van der Waals surface area contributed by atoms with Gasteiger partial charge in [-0.3, -0.25) is 4.79 Å². The zero-order valence-electron chi connectivity index (χ0n) is 17.2. The second-order valence-corrected chi connectivity index (χ2v) is 7.76. The van der Waals surface area contributed by atoms with Crippen molar-refractivity contribution < 1.29 is 9.21 Å². The van der Waals surface area contributed by atoms with Gasteiger partial charge in [0.15, 0.2) is 5.78 Å². The van der Waals surface area contributed by atoms with E-state index < -0.39 is 0 Å². The van der Waals surface area contributed by atoms with Crippen LogP contribution in [0.25, 0.3) is 0 Å². The number of ketones is 1. The molecule has 3 heterocycles. The number of nitrogens with one attached hydrogen (secondary N) is 1. The van der Waals surface area contributed by atoms with Gasteiger partial charge in [-0.1, -0.05) is 12.1 Å². The molecule has 154 valence electrons. The minimum atomic E-state index is -0.269. The third-order valence-electron chi connectivity index (χ3n) is 6.14. The first-order chi connectivity index (χ1) is 14.7. The number of rotatable bonds is 5. The number of nitrogens with zero attached hydrogens (tertiary/aromatic N) is 4. The fraction of sp³-hybridized carbons (Fsp3) is 0.348. The summed E-state index contributed by atoms with van der Waals surface area (Å²) >= 11 is 0. The molecule has 1 aromatic carbocycles. The molecule has 0 unspecified atom stereocenters. The van der Waals surface area contributed by atoms with Crippen molar-refractivity contribution >= 4 is 17.4 Å². The van der Waals surface area contributed by atoms with Crippen molar-refractivity contribution in [2.75, 3.05) is 23.3 Å². The summed E-state index contributed by atoms with van der Waals surface area (Å²) in [4.78, 5) is 20.0. The van der Waals surface area contributed by atoms with E-state index in [2.05, 4.69) is 58.4 Å². The van der Waals surface area contributed by atoms with E-state index in [1.54, 1.807) is 6.26 Å². The molecular formula is C23H25N5O2. The van der Waals surface area contributed by atoms with Crippen molar-refractivity contribution in [2.45, 2.75) is 38.6 Å². The van der Waals surface area contributed by atoms with Gasteiger partial charge in [-0.25, -0.2) is 4.68 Å². The second kappa shape index (κ2) is 7.48. The van der Waals surface area contributed by atoms with Gasteiger partial charge in [-0.2, -0.15) is 10.1 Å². The van der Waals surface area contributed by atoms with Gasteiger partial charge in [0.25, 0.3) is 0 Å². The van der Waals surface area contributed by atoms with Crippen LogP contribution in [0.1, 0.15) is 50.0 Å². The average Bonchev–Trinajstić information content (AvgIpc) is 3.46. The predicted molar refractivity (Wildman–Crippen MR) is 115 cm³/mol. The van der Waals surface area contributed by atoms with Gasteiger partial charge in [-0.15, -0.1) is 0 Å². The molecule has 7 heteroatoms. The lowest BCUT2D eigenvalue weighted by atomic mass is 9.79. The Labute approximate surface area is 175 Å². The maximum Gasteiger partial charge on any atom is 0.226 e. The molecular weight excluding hydrogens is 378 g/mol. The normalized spacial score (nSPS) is 20.5. The number of hydrogen-bond acceptors (Lipinski definition) is 6. The van der Waals surface area contributed by atoms with Gasteiger partial charge >= 0.3 is 0 Å². The molecule has 0 bridgehead atoms. The van der Waals surface area contributed by atoms with Crippen LogP contribution < -0.4 is 10.2 Å². The monoisotopic (exact) mass is 403 g/mol. The highest BCUT2D eigenvalue weighted by Gasteiger charge is 2.39. The molecule has 0 fully saturated rings. The van der Waals surface area contributed by atoms with Crippen LogP contribution in [0.4, 0.5) is 11.6 Å². The van der Waals surface area contributed by atoms with Crippen LogP contribution in [-0.4, -0.2) is 33.6 Å². The highest BCUT2D eigenvalue weighted by molar-refractivity contribution is 6.00. The number of Topliss-reactive ketones (excluding diaryl/α,β-unsaturated/α-hetero) is 1. The van der Waals surface area contributed by atoms with Crippen molar-refractivity contribution in [1.29, 1.82) is 0 Å². The first kappa shape index (κ1) is 18.7. The van der Waals surface area contributed by atoms with Crippen LogP contribution in [0, 0.1) is 0 Å². The van der Waals surface area contributed by atoms with Gasteiger partial charge in [-0.05, 0) is 50.1 Å². The quantitative estimate of drug-likeness (QED) is 0.690. The first-order valence-electron chi connectivity index (χ1n) is 10.5. The van der Waals surface area contributed by atoms with Crippen molar-refractivity contribution in [3.8, 4) is 0 Å². The van der Waals surface area contributed by atoms with Crippen molar-refractivity contribution in [2.24, 2.45) is 0 Å². The van der Waals surface area contributed by atoms with E-state index in [1.807, 2.05) is 16.8 Å². The van der Waals surface area contributed by atoms with E-state index in [-0.39, 0.29) is 17.7 Å². The summed E-state index contributed by atoms with van der Waals surface area (Å²) in [7, 11) is 0. The maximum atomic E-state index is 13.3. The highest BCUT2D eigenvalue weighted by atomic mass is 16.3. The van der Waals surface area contributed by atoms with Crippen LogP contribution in [0.15, 0.2) is 64.7 Å². The number of allylic oxidation sites excluding steroid dienone is 2. The smallest absolute Gasteiger partial charge is 0.226 e. The molecule has 7 nitrogen and oxygen atoms in total. The number of hydrogen-bond donors (Lipinski definition) is 1. The van der Waals surface area contributed by atoms with E-state index in [0.717, 1.165) is 42.1 Å². The molecule has 0 radical (unpaired) electrons. The van der Waals surface area contributed by atoms with Gasteiger partial charge in [0, 0.05) is 42.4 Å². The number of benzene rings is 1. The molecule has 2 aromatic heterocycles. The van der Waals surface area contributed by atoms with Gasteiger partial charge in [0.2, 0.25) is 5.95 Å². The van der Waals surface area contributed by atoms with Crippen LogP contribution in [-0.2, 0) is 4.79 Å². The van der Waals surface area contributed by atoms with Gasteiger partial charge < -0.3 is 14.6 Å². The summed E-state index contributed by atoms with van der Waals surface area (Å²) in [6.45, 7) is 6.22. The first-order valence-corrected chi connectivity index (χ1v) is 10.5. The molecule has 5 rings (SSSR count). The lowest BCUT2D eigenvalue weighted by molar-refractivity contribution is -0.117. The Morgan fingerprint density at radius 2 is 1.97 bits per heavy atom. The summed E-state index contributed by atoms with van der Waals surface area (Å²) in [6, 6.07) is 12.0. The molecule has 2 atom stereocenters. The van der Waals surface area contributed by atoms with Gasteiger partial charge in [0.1, 0.15) is 18.1 Å². The third-order valence-corrected chi connectivity index (χ3v) is 6.14. The molecule has 0 spiro atoms. The number of fused-ring (bicyclic) bond motifs is 1. The van der Waals surface area contributed by atoms with E-state index >= 15 is 0 Å². The number of carbonyl (C=O) groups is 1. The topological polar surface area (TPSA) is 76.2 Å². The summed E-state index contributed by atoms with van der Waals surface area (Å²) in [5.41, 5.74) is 3.92. The molecule has 1 N–H and O–H groups in total. The largest absolute Gasteiger partial charge is 0.469 e. The Kier molecular flexibility index (Phi) is 4.65. The lowest BCUT2D eigenvalue weighted by Crippen LogP contribution is -2.33. The molecule has 1 aliphatic heterocycles. The summed E-state index contributed by atoms with van der Waals surface area (Å²) in [6.07, 6.45) is 4.35. The number of anilines is 2. The number of carbonyl (C=O) groups excluding carboxylic acids is 1. The number of furan rings is 1. The minimum Gasteiger partial charge on any atom is -0.469 e. The van der Waals surface area contributed by atoms with Gasteiger partial charge in [0.05, 0.1) is 6.26 Å². The highest BCUT2D eigenvalue weighted by Crippen LogP contribution is 2.44. The van der Waals surface area contributed by atoms with Crippen LogP contribution in [0.2, 0.25) is 0 Å². The Balaban J connectivity index is 1.55. The molecule has 0 saturated carbocycles. The van der Waals surface area contributed by atoms with E-state index in [1.165, 1.54) is 12.0 Å². The summed E-state index contributed by atoms with van der Waals surface area (Å²) in [5, 5.41) is 7.77. The Hall–Kier alpha value is -3.35. The second-order valence-electron chi connectivity index (χ2n) is 7.76. The summed E-state index contributed by atoms with van der Waals surface area (Å²) in [5.74, 6) is 1.69.